The molecule has 0 amide bonds. The zero-order valence-corrected chi connectivity index (χ0v) is 10.6. The Kier molecular flexibility index (Phi) is 3.42. The molecule has 104 valence electrons. The van der Waals surface area contributed by atoms with Gasteiger partial charge in [0.15, 0.2) is 12.3 Å². The van der Waals surface area contributed by atoms with Gasteiger partial charge in [0, 0.05) is 6.21 Å². The van der Waals surface area contributed by atoms with E-state index in [1.165, 1.54) is 6.21 Å². The number of carbonyl (C=O) groups is 2. The number of ether oxygens (including phenoxy) is 2. The van der Waals surface area contributed by atoms with E-state index in [0.29, 0.717) is 18.8 Å². The maximum Gasteiger partial charge on any atom is 0.334 e. The molecule has 0 radical (unpaired) electrons. The second-order valence-corrected chi connectivity index (χ2v) is 4.72. The summed E-state index contributed by atoms with van der Waals surface area (Å²) >= 11 is 0. The molecule has 0 aromatic heterocycles. The molecule has 0 spiro atoms. The highest BCUT2D eigenvalue weighted by atomic mass is 16.7. The fraction of sp³-hybridized carbons (Fsp3) is 0.583. The lowest BCUT2D eigenvalue weighted by Crippen LogP contribution is -2.43. The van der Waals surface area contributed by atoms with E-state index in [1.54, 1.807) is 13.8 Å². The minimum Gasteiger partial charge on any atom is -0.479 e. The molecule has 7 nitrogen and oxygen atoms in total. The van der Waals surface area contributed by atoms with Crippen LogP contribution in [0.15, 0.2) is 16.1 Å². The van der Waals surface area contributed by atoms with Crippen LogP contribution in [0.2, 0.25) is 0 Å². The first kappa shape index (κ1) is 13.7. The third-order valence-electron chi connectivity index (χ3n) is 3.55. The lowest BCUT2D eigenvalue weighted by atomic mass is 9.77. The molecule has 0 aromatic rings. The number of aliphatic carboxylic acids is 2. The molecular formula is C12H15NO6. The van der Waals surface area contributed by atoms with Gasteiger partial charge in [0.1, 0.15) is 0 Å². The van der Waals surface area contributed by atoms with Crippen LogP contribution in [-0.4, -0.2) is 53.9 Å². The van der Waals surface area contributed by atoms with Crippen LogP contribution in [0.5, 0.6) is 0 Å². The summed E-state index contributed by atoms with van der Waals surface area (Å²) in [4.78, 5) is 26.2. The Balaban J connectivity index is 2.46. The lowest BCUT2D eigenvalue weighted by Gasteiger charge is -2.35. The van der Waals surface area contributed by atoms with Crippen molar-refractivity contribution in [3.8, 4) is 0 Å². The smallest absolute Gasteiger partial charge is 0.334 e. The third-order valence-corrected chi connectivity index (χ3v) is 3.55. The van der Waals surface area contributed by atoms with Gasteiger partial charge in [-0.25, -0.2) is 9.59 Å². The highest BCUT2D eigenvalue weighted by Crippen LogP contribution is 2.39. The molecule has 0 aromatic carbocycles. The van der Waals surface area contributed by atoms with Crippen LogP contribution in [0.1, 0.15) is 13.8 Å². The third kappa shape index (κ3) is 2.15. The van der Waals surface area contributed by atoms with Crippen LogP contribution in [0, 0.1) is 5.41 Å². The molecule has 2 N–H and O–H groups in total. The monoisotopic (exact) mass is 269 g/mol. The Labute approximate surface area is 109 Å². The maximum absolute atomic E-state index is 11.3. The fourth-order valence-corrected chi connectivity index (χ4v) is 2.30. The van der Waals surface area contributed by atoms with Crippen LogP contribution in [0.4, 0.5) is 0 Å². The van der Waals surface area contributed by atoms with Crippen molar-refractivity contribution in [2.24, 2.45) is 10.4 Å². The molecule has 2 atom stereocenters. The normalized spacial score (nSPS) is 31.8. The van der Waals surface area contributed by atoms with Crippen LogP contribution in [0.25, 0.3) is 0 Å². The van der Waals surface area contributed by atoms with Crippen LogP contribution in [0.3, 0.4) is 0 Å². The van der Waals surface area contributed by atoms with Crippen molar-refractivity contribution >= 4 is 18.2 Å². The second-order valence-electron chi connectivity index (χ2n) is 4.72. The summed E-state index contributed by atoms with van der Waals surface area (Å²) in [5.74, 6) is -2.57. The first-order valence-corrected chi connectivity index (χ1v) is 5.83. The second kappa shape index (κ2) is 4.75. The topological polar surface area (TPSA) is 105 Å². The molecule has 0 bridgehead atoms. The molecule has 2 heterocycles. The Morgan fingerprint density at radius 2 is 1.95 bits per heavy atom. The predicted molar refractivity (Wildman–Crippen MR) is 64.1 cm³/mol. The van der Waals surface area contributed by atoms with E-state index in [9.17, 15) is 14.7 Å². The van der Waals surface area contributed by atoms with Crippen molar-refractivity contribution in [1.82, 2.24) is 0 Å². The summed E-state index contributed by atoms with van der Waals surface area (Å²) in [6.07, 6.45) is 0.782. The summed E-state index contributed by atoms with van der Waals surface area (Å²) < 4.78 is 10.8. The Morgan fingerprint density at radius 1 is 1.37 bits per heavy atom. The van der Waals surface area contributed by atoms with Crippen molar-refractivity contribution in [2.45, 2.75) is 26.2 Å². The predicted octanol–water partition coefficient (Wildman–Crippen LogP) is 0.304. The summed E-state index contributed by atoms with van der Waals surface area (Å²) in [6.45, 7) is 4.15. The van der Waals surface area contributed by atoms with Crippen molar-refractivity contribution < 1.29 is 29.3 Å². The van der Waals surface area contributed by atoms with E-state index in [1.807, 2.05) is 0 Å². The van der Waals surface area contributed by atoms with E-state index in [0.717, 1.165) is 0 Å². The van der Waals surface area contributed by atoms with E-state index in [4.69, 9.17) is 14.6 Å². The number of hydrogen-bond acceptors (Lipinski definition) is 5. The quantitative estimate of drug-likeness (QED) is 0.763. The first-order chi connectivity index (χ1) is 8.88. The summed E-state index contributed by atoms with van der Waals surface area (Å²) in [5.41, 5.74) is -0.693. The molecule has 7 heteroatoms. The number of hydrogen-bond donors (Lipinski definition) is 2. The van der Waals surface area contributed by atoms with Gasteiger partial charge in [-0.2, -0.15) is 0 Å². The van der Waals surface area contributed by atoms with Gasteiger partial charge in [0.25, 0.3) is 0 Å². The number of aliphatic imine (C=N–C) groups is 1. The van der Waals surface area contributed by atoms with Crippen LogP contribution >= 0.6 is 0 Å². The minimum absolute atomic E-state index is 0.225. The van der Waals surface area contributed by atoms with Crippen molar-refractivity contribution in [3.63, 3.8) is 0 Å². The number of carboxylic acid groups (broad SMARTS) is 2. The van der Waals surface area contributed by atoms with Crippen molar-refractivity contribution in [2.75, 3.05) is 13.2 Å². The van der Waals surface area contributed by atoms with Gasteiger partial charge in [-0.05, 0) is 19.4 Å². The Hall–Kier alpha value is -1.73. The average molecular weight is 269 g/mol. The average Bonchev–Trinajstić information content (AvgIpc) is 2.85. The molecule has 19 heavy (non-hydrogen) atoms. The highest BCUT2D eigenvalue weighted by molar-refractivity contribution is 6.00. The maximum atomic E-state index is 11.3. The van der Waals surface area contributed by atoms with Gasteiger partial charge in [-0.1, -0.05) is 0 Å². The van der Waals surface area contributed by atoms with Gasteiger partial charge in [0.05, 0.1) is 24.2 Å². The Morgan fingerprint density at radius 3 is 2.42 bits per heavy atom. The minimum atomic E-state index is -1.38. The molecule has 2 rings (SSSR count). The van der Waals surface area contributed by atoms with E-state index in [-0.39, 0.29) is 5.57 Å². The first-order valence-electron chi connectivity index (χ1n) is 5.83. The van der Waals surface area contributed by atoms with Gasteiger partial charge < -0.3 is 19.7 Å². The number of carboxylic acids is 2. The van der Waals surface area contributed by atoms with Crippen molar-refractivity contribution in [3.05, 3.63) is 11.1 Å². The van der Waals surface area contributed by atoms with E-state index in [2.05, 4.69) is 4.99 Å². The Bertz CT molecular complexity index is 477. The zero-order chi connectivity index (χ0) is 14.2. The van der Waals surface area contributed by atoms with E-state index >= 15 is 0 Å². The van der Waals surface area contributed by atoms with Gasteiger partial charge in [-0.15, -0.1) is 0 Å². The molecular weight excluding hydrogens is 254 g/mol. The molecule has 0 saturated carbocycles. The highest BCUT2D eigenvalue weighted by Gasteiger charge is 2.46. The van der Waals surface area contributed by atoms with Crippen LogP contribution < -0.4 is 0 Å². The fourth-order valence-electron chi connectivity index (χ4n) is 2.30. The molecule has 2 unspecified atom stereocenters. The summed E-state index contributed by atoms with van der Waals surface area (Å²) in [7, 11) is 0. The van der Waals surface area contributed by atoms with Gasteiger partial charge in [0.2, 0.25) is 0 Å². The molecule has 2 aliphatic rings. The lowest BCUT2D eigenvalue weighted by molar-refractivity contribution is -0.141. The SMILES string of the molecule is CC1=C(C(=O)O)C(C(=O)O)N=CC1(C)C1OCCO1. The van der Waals surface area contributed by atoms with Gasteiger partial charge in [-0.3, -0.25) is 4.99 Å². The number of rotatable bonds is 3. The van der Waals surface area contributed by atoms with Gasteiger partial charge >= 0.3 is 11.9 Å². The van der Waals surface area contributed by atoms with Crippen LogP contribution in [-0.2, 0) is 19.1 Å². The largest absolute Gasteiger partial charge is 0.479 e. The standard InChI is InChI=1S/C12H15NO6/c1-6-7(9(14)15)8(10(16)17)13-5-12(6,2)11-18-3-4-19-11/h5,8,11H,3-4H2,1-2H3,(H,14,15)(H,16,17). The molecule has 1 fully saturated rings. The molecule has 1 saturated heterocycles. The van der Waals surface area contributed by atoms with E-state index < -0.39 is 29.7 Å². The summed E-state index contributed by atoms with van der Waals surface area (Å²) in [6, 6.07) is -1.38. The number of nitrogens with zero attached hydrogens (tertiary/aromatic N) is 1. The molecule has 0 aliphatic carbocycles. The number of dihydropyridines is 1. The summed E-state index contributed by atoms with van der Waals surface area (Å²) in [5, 5.41) is 18.3. The zero-order valence-electron chi connectivity index (χ0n) is 10.6. The molecule has 2 aliphatic heterocycles. The van der Waals surface area contributed by atoms with Crippen molar-refractivity contribution in [1.29, 1.82) is 0 Å².